The van der Waals surface area contributed by atoms with Crippen molar-refractivity contribution in [2.45, 2.75) is 45.4 Å². The first-order valence-electron chi connectivity index (χ1n) is 5.06. The van der Waals surface area contributed by atoms with Crippen LogP contribution in [0.5, 0.6) is 0 Å². The van der Waals surface area contributed by atoms with Crippen molar-refractivity contribution in [1.29, 1.82) is 0 Å². The Morgan fingerprint density at radius 1 is 1.44 bits per heavy atom. The number of carbonyl (C=O) groups is 2. The van der Waals surface area contributed by atoms with Crippen LogP contribution >= 0.6 is 0 Å². The van der Waals surface area contributed by atoms with Crippen molar-refractivity contribution in [2.24, 2.45) is 0 Å². The molecule has 16 heavy (non-hydrogen) atoms. The van der Waals surface area contributed by atoms with E-state index in [4.69, 9.17) is 14.6 Å². The van der Waals surface area contributed by atoms with E-state index in [2.05, 4.69) is 0 Å². The molecule has 0 unspecified atom stereocenters. The lowest BCUT2D eigenvalue weighted by Crippen LogP contribution is -2.46. The lowest BCUT2D eigenvalue weighted by molar-refractivity contribution is -0.142. The molecular formula is C10H17NO5. The van der Waals surface area contributed by atoms with Crippen molar-refractivity contribution in [3.8, 4) is 0 Å². The van der Waals surface area contributed by atoms with E-state index < -0.39 is 29.8 Å². The van der Waals surface area contributed by atoms with Gasteiger partial charge >= 0.3 is 12.1 Å². The number of carboxylic acids is 1. The van der Waals surface area contributed by atoms with Crippen LogP contribution in [0.15, 0.2) is 0 Å². The molecule has 0 bridgehead atoms. The van der Waals surface area contributed by atoms with Crippen LogP contribution in [0.1, 0.15) is 27.7 Å². The number of ether oxygens (including phenoxy) is 2. The van der Waals surface area contributed by atoms with Gasteiger partial charge in [0.15, 0.2) is 6.04 Å². The third kappa shape index (κ3) is 2.85. The highest BCUT2D eigenvalue weighted by Gasteiger charge is 2.42. The topological polar surface area (TPSA) is 76.1 Å². The quantitative estimate of drug-likeness (QED) is 0.730. The molecule has 6 heteroatoms. The van der Waals surface area contributed by atoms with Crippen molar-refractivity contribution in [3.63, 3.8) is 0 Å². The Bertz CT molecular complexity index is 296. The van der Waals surface area contributed by atoms with Crippen LogP contribution in [0.4, 0.5) is 4.79 Å². The molecule has 0 aromatic heterocycles. The Hall–Kier alpha value is -1.30. The van der Waals surface area contributed by atoms with Gasteiger partial charge in [-0.05, 0) is 27.7 Å². The number of hydrogen-bond donors (Lipinski definition) is 1. The SMILES string of the molecule is C[C@@H]1OCN(C(=O)OC(C)(C)C)[C@@H]1C(=O)O. The van der Waals surface area contributed by atoms with Gasteiger partial charge in [-0.15, -0.1) is 0 Å². The maximum atomic E-state index is 11.7. The highest BCUT2D eigenvalue weighted by molar-refractivity contribution is 5.81. The molecule has 0 radical (unpaired) electrons. The maximum Gasteiger partial charge on any atom is 0.412 e. The molecule has 1 saturated heterocycles. The normalized spacial score (nSPS) is 25.6. The third-order valence-corrected chi connectivity index (χ3v) is 2.14. The monoisotopic (exact) mass is 231 g/mol. The number of aliphatic carboxylic acids is 1. The van der Waals surface area contributed by atoms with Gasteiger partial charge in [0.25, 0.3) is 0 Å². The molecule has 1 heterocycles. The van der Waals surface area contributed by atoms with E-state index in [1.54, 1.807) is 27.7 Å². The third-order valence-electron chi connectivity index (χ3n) is 2.14. The standard InChI is InChI=1S/C10H17NO5/c1-6-7(8(12)13)11(5-15-6)9(14)16-10(2,3)4/h6-7H,5H2,1-4H3,(H,12,13)/t6-,7-/m0/s1. The van der Waals surface area contributed by atoms with Gasteiger partial charge in [-0.1, -0.05) is 0 Å². The second-order valence-electron chi connectivity index (χ2n) is 4.73. The summed E-state index contributed by atoms with van der Waals surface area (Å²) in [6, 6.07) is -0.977. The molecule has 0 aromatic rings. The molecule has 1 aliphatic rings. The molecule has 0 saturated carbocycles. The lowest BCUT2D eigenvalue weighted by atomic mass is 10.2. The molecule has 1 amide bonds. The molecule has 1 aliphatic heterocycles. The van der Waals surface area contributed by atoms with Crippen LogP contribution in [0.3, 0.4) is 0 Å². The van der Waals surface area contributed by atoms with Crippen LogP contribution < -0.4 is 0 Å². The minimum absolute atomic E-state index is 0.0486. The van der Waals surface area contributed by atoms with E-state index in [1.807, 2.05) is 0 Å². The van der Waals surface area contributed by atoms with E-state index in [-0.39, 0.29) is 6.73 Å². The fourth-order valence-corrected chi connectivity index (χ4v) is 1.44. The Balaban J connectivity index is 2.73. The molecule has 1 fully saturated rings. The van der Waals surface area contributed by atoms with Crippen LogP contribution in [0.2, 0.25) is 0 Å². The summed E-state index contributed by atoms with van der Waals surface area (Å²) in [6.07, 6.45) is -1.19. The van der Waals surface area contributed by atoms with Crippen LogP contribution in [0, 0.1) is 0 Å². The maximum absolute atomic E-state index is 11.7. The highest BCUT2D eigenvalue weighted by Crippen LogP contribution is 2.20. The van der Waals surface area contributed by atoms with Gasteiger partial charge in [0, 0.05) is 0 Å². The Labute approximate surface area is 94.1 Å². The van der Waals surface area contributed by atoms with E-state index >= 15 is 0 Å². The van der Waals surface area contributed by atoms with Crippen molar-refractivity contribution in [2.75, 3.05) is 6.73 Å². The first kappa shape index (κ1) is 12.8. The summed E-state index contributed by atoms with van der Waals surface area (Å²) in [6.45, 7) is 6.74. The van der Waals surface area contributed by atoms with Crippen LogP contribution in [-0.4, -0.2) is 46.5 Å². The summed E-state index contributed by atoms with van der Waals surface area (Å²) >= 11 is 0. The van der Waals surface area contributed by atoms with Crippen molar-refractivity contribution < 1.29 is 24.2 Å². The number of carbonyl (C=O) groups excluding carboxylic acids is 1. The van der Waals surface area contributed by atoms with Crippen LogP contribution in [0.25, 0.3) is 0 Å². The summed E-state index contributed by atoms with van der Waals surface area (Å²) < 4.78 is 10.2. The minimum atomic E-state index is -1.09. The lowest BCUT2D eigenvalue weighted by Gasteiger charge is -2.26. The van der Waals surface area contributed by atoms with Crippen molar-refractivity contribution >= 4 is 12.1 Å². The Morgan fingerprint density at radius 3 is 2.44 bits per heavy atom. The molecule has 0 aliphatic carbocycles. The van der Waals surface area contributed by atoms with Gasteiger partial charge in [0.2, 0.25) is 0 Å². The van der Waals surface area contributed by atoms with E-state index in [0.29, 0.717) is 0 Å². The molecule has 92 valence electrons. The van der Waals surface area contributed by atoms with Crippen LogP contribution in [-0.2, 0) is 14.3 Å². The molecule has 1 rings (SSSR count). The van der Waals surface area contributed by atoms with Crippen molar-refractivity contribution in [1.82, 2.24) is 4.90 Å². The molecule has 0 spiro atoms. The smallest absolute Gasteiger partial charge is 0.412 e. The highest BCUT2D eigenvalue weighted by atomic mass is 16.6. The second-order valence-corrected chi connectivity index (χ2v) is 4.73. The number of carboxylic acid groups (broad SMARTS) is 1. The van der Waals surface area contributed by atoms with Gasteiger partial charge in [0.05, 0.1) is 6.10 Å². The predicted octanol–water partition coefficient (Wildman–Crippen LogP) is 1.05. The Morgan fingerprint density at radius 2 is 2.00 bits per heavy atom. The summed E-state index contributed by atoms with van der Waals surface area (Å²) in [7, 11) is 0. The summed E-state index contributed by atoms with van der Waals surface area (Å²) in [5, 5.41) is 8.97. The fourth-order valence-electron chi connectivity index (χ4n) is 1.44. The van der Waals surface area contributed by atoms with E-state index in [0.717, 1.165) is 4.90 Å². The molecular weight excluding hydrogens is 214 g/mol. The molecule has 2 atom stereocenters. The zero-order chi connectivity index (χ0) is 12.5. The molecule has 6 nitrogen and oxygen atoms in total. The Kier molecular flexibility index (Phi) is 3.42. The average molecular weight is 231 g/mol. The van der Waals surface area contributed by atoms with Gasteiger partial charge < -0.3 is 14.6 Å². The largest absolute Gasteiger partial charge is 0.480 e. The van der Waals surface area contributed by atoms with Gasteiger partial charge in [-0.3, -0.25) is 4.90 Å². The first-order chi connectivity index (χ1) is 7.22. The van der Waals surface area contributed by atoms with Crippen molar-refractivity contribution in [3.05, 3.63) is 0 Å². The van der Waals surface area contributed by atoms with E-state index in [1.165, 1.54) is 0 Å². The minimum Gasteiger partial charge on any atom is -0.480 e. The fraction of sp³-hybridized carbons (Fsp3) is 0.800. The summed E-state index contributed by atoms with van der Waals surface area (Å²) in [5.74, 6) is -1.09. The van der Waals surface area contributed by atoms with Gasteiger partial charge in [-0.25, -0.2) is 9.59 Å². The zero-order valence-electron chi connectivity index (χ0n) is 9.89. The van der Waals surface area contributed by atoms with E-state index in [9.17, 15) is 9.59 Å². The predicted molar refractivity (Wildman–Crippen MR) is 54.9 cm³/mol. The first-order valence-corrected chi connectivity index (χ1v) is 5.06. The second kappa shape index (κ2) is 4.29. The van der Waals surface area contributed by atoms with Gasteiger partial charge in [0.1, 0.15) is 12.3 Å². The summed E-state index contributed by atoms with van der Waals surface area (Å²) in [4.78, 5) is 23.7. The molecule has 0 aromatic carbocycles. The number of hydrogen-bond acceptors (Lipinski definition) is 4. The molecule has 1 N–H and O–H groups in total. The number of amides is 1. The number of rotatable bonds is 1. The number of nitrogens with zero attached hydrogens (tertiary/aromatic N) is 1. The average Bonchev–Trinajstić information content (AvgIpc) is 2.43. The zero-order valence-corrected chi connectivity index (χ0v) is 9.89. The van der Waals surface area contributed by atoms with Gasteiger partial charge in [-0.2, -0.15) is 0 Å². The summed E-state index contributed by atoms with van der Waals surface area (Å²) in [5.41, 5.74) is -0.647.